The molecule has 0 aromatic carbocycles. The lowest BCUT2D eigenvalue weighted by Crippen LogP contribution is -2.26. The van der Waals surface area contributed by atoms with E-state index in [4.69, 9.17) is 0 Å². The molecular formula is C14H26N4. The van der Waals surface area contributed by atoms with Crippen LogP contribution in [0.2, 0.25) is 0 Å². The fourth-order valence-electron chi connectivity index (χ4n) is 2.84. The molecule has 4 heteroatoms. The predicted octanol–water partition coefficient (Wildman–Crippen LogP) is 1.47. The number of hydrogen-bond donors (Lipinski definition) is 1. The third kappa shape index (κ3) is 2.93. The van der Waals surface area contributed by atoms with E-state index in [2.05, 4.69) is 36.1 Å². The van der Waals surface area contributed by atoms with Crippen molar-refractivity contribution in [2.45, 2.75) is 33.7 Å². The fraction of sp³-hybridized carbons (Fsp3) is 0.786. The Labute approximate surface area is 110 Å². The van der Waals surface area contributed by atoms with Gasteiger partial charge in [0.05, 0.1) is 5.69 Å². The number of aromatic nitrogens is 2. The maximum absolute atomic E-state index is 4.45. The molecule has 0 aliphatic carbocycles. The molecule has 1 aromatic heterocycles. The highest BCUT2D eigenvalue weighted by atomic mass is 15.3. The molecule has 1 aromatic rings. The highest BCUT2D eigenvalue weighted by Crippen LogP contribution is 2.15. The first-order valence-corrected chi connectivity index (χ1v) is 7.04. The first kappa shape index (κ1) is 13.6. The largest absolute Gasteiger partial charge is 0.312 e. The van der Waals surface area contributed by atoms with E-state index in [1.54, 1.807) is 0 Å². The Kier molecular flexibility index (Phi) is 4.40. The zero-order valence-corrected chi connectivity index (χ0v) is 12.2. The van der Waals surface area contributed by atoms with E-state index in [0.717, 1.165) is 24.7 Å². The number of aryl methyl sites for hydroxylation is 2. The molecule has 0 radical (unpaired) electrons. The van der Waals surface area contributed by atoms with Crippen molar-refractivity contribution in [1.82, 2.24) is 20.0 Å². The van der Waals surface area contributed by atoms with Gasteiger partial charge in [-0.3, -0.25) is 4.68 Å². The van der Waals surface area contributed by atoms with Crippen LogP contribution in [0.4, 0.5) is 0 Å². The summed E-state index contributed by atoms with van der Waals surface area (Å²) in [4.78, 5) is 2.53. The summed E-state index contributed by atoms with van der Waals surface area (Å²) in [6.45, 7) is 12.3. The Balaban J connectivity index is 1.79. The third-order valence-corrected chi connectivity index (χ3v) is 4.21. The minimum atomic E-state index is 0.822. The first-order valence-electron chi connectivity index (χ1n) is 7.04. The van der Waals surface area contributed by atoms with E-state index in [-0.39, 0.29) is 0 Å². The number of nitrogens with zero attached hydrogens (tertiary/aromatic N) is 3. The highest BCUT2D eigenvalue weighted by molar-refractivity contribution is 5.23. The lowest BCUT2D eigenvalue weighted by molar-refractivity contribution is 0.339. The van der Waals surface area contributed by atoms with E-state index >= 15 is 0 Å². The lowest BCUT2D eigenvalue weighted by atomic mass is 10.1. The Morgan fingerprint density at radius 1 is 1.39 bits per heavy atom. The molecule has 4 nitrogen and oxygen atoms in total. The van der Waals surface area contributed by atoms with Crippen LogP contribution in [0, 0.1) is 19.8 Å². The molecule has 1 unspecified atom stereocenters. The van der Waals surface area contributed by atoms with E-state index in [1.165, 1.54) is 37.3 Å². The van der Waals surface area contributed by atoms with Gasteiger partial charge < -0.3 is 10.2 Å². The van der Waals surface area contributed by atoms with Crippen LogP contribution in [0.3, 0.4) is 0 Å². The zero-order valence-electron chi connectivity index (χ0n) is 12.2. The van der Waals surface area contributed by atoms with Crippen molar-refractivity contribution in [3.05, 3.63) is 17.0 Å². The summed E-state index contributed by atoms with van der Waals surface area (Å²) < 4.78 is 1.97. The van der Waals surface area contributed by atoms with Gasteiger partial charge in [0.25, 0.3) is 0 Å². The van der Waals surface area contributed by atoms with Crippen LogP contribution < -0.4 is 5.32 Å². The molecule has 1 N–H and O–H groups in total. The smallest absolute Gasteiger partial charge is 0.0641 e. The monoisotopic (exact) mass is 250 g/mol. The number of rotatable bonds is 5. The zero-order chi connectivity index (χ0) is 13.1. The molecule has 1 fully saturated rings. The molecule has 18 heavy (non-hydrogen) atoms. The summed E-state index contributed by atoms with van der Waals surface area (Å²) in [5.41, 5.74) is 3.80. The minimum Gasteiger partial charge on any atom is -0.312 e. The fourth-order valence-corrected chi connectivity index (χ4v) is 2.84. The molecule has 1 aliphatic heterocycles. The summed E-state index contributed by atoms with van der Waals surface area (Å²) >= 11 is 0. The second-order valence-corrected chi connectivity index (χ2v) is 5.45. The van der Waals surface area contributed by atoms with Crippen molar-refractivity contribution in [3.8, 4) is 0 Å². The van der Waals surface area contributed by atoms with E-state index in [1.807, 2.05) is 11.7 Å². The third-order valence-electron chi connectivity index (χ3n) is 4.21. The molecule has 102 valence electrons. The van der Waals surface area contributed by atoms with Crippen LogP contribution in [0.1, 0.15) is 30.3 Å². The Hall–Kier alpha value is -0.870. The van der Waals surface area contributed by atoms with Crippen molar-refractivity contribution >= 4 is 0 Å². The van der Waals surface area contributed by atoms with Gasteiger partial charge >= 0.3 is 0 Å². The van der Waals surface area contributed by atoms with Crippen molar-refractivity contribution < 1.29 is 0 Å². The summed E-state index contributed by atoms with van der Waals surface area (Å²) in [7, 11) is 2.02. The Bertz CT molecular complexity index is 397. The van der Waals surface area contributed by atoms with Gasteiger partial charge in [0.15, 0.2) is 0 Å². The maximum atomic E-state index is 4.45. The van der Waals surface area contributed by atoms with Gasteiger partial charge in [0.2, 0.25) is 0 Å². The first-order chi connectivity index (χ1) is 8.61. The molecule has 0 amide bonds. The van der Waals surface area contributed by atoms with Crippen LogP contribution in [-0.4, -0.2) is 40.9 Å². The number of hydrogen-bond acceptors (Lipinski definition) is 3. The van der Waals surface area contributed by atoms with E-state index in [0.29, 0.717) is 0 Å². The molecule has 2 heterocycles. The molecule has 2 rings (SSSR count). The molecule has 1 aliphatic rings. The van der Waals surface area contributed by atoms with Gasteiger partial charge in [-0.25, -0.2) is 0 Å². The van der Waals surface area contributed by atoms with E-state index < -0.39 is 0 Å². The average Bonchev–Trinajstić information content (AvgIpc) is 2.89. The number of nitrogens with one attached hydrogen (secondary N) is 1. The van der Waals surface area contributed by atoms with Gasteiger partial charge in [-0.1, -0.05) is 6.92 Å². The Morgan fingerprint density at radius 3 is 2.72 bits per heavy atom. The second-order valence-electron chi connectivity index (χ2n) is 5.45. The predicted molar refractivity (Wildman–Crippen MR) is 74.6 cm³/mol. The Morgan fingerprint density at radius 2 is 2.17 bits per heavy atom. The standard InChI is InChI=1S/C14H26N4/c1-5-18-7-6-13(10-18)8-15-9-14-11(2)16-17(4)12(14)3/h13,15H,5-10H2,1-4H3. The molecule has 1 atom stereocenters. The second kappa shape index (κ2) is 5.85. The normalized spacial score (nSPS) is 20.8. The van der Waals surface area contributed by atoms with Gasteiger partial charge in [-0.15, -0.1) is 0 Å². The van der Waals surface area contributed by atoms with E-state index in [9.17, 15) is 0 Å². The van der Waals surface area contributed by atoms with Gasteiger partial charge in [0, 0.05) is 31.4 Å². The summed E-state index contributed by atoms with van der Waals surface area (Å²) in [5.74, 6) is 0.822. The number of likely N-dealkylation sites (tertiary alicyclic amines) is 1. The van der Waals surface area contributed by atoms with Crippen molar-refractivity contribution in [2.24, 2.45) is 13.0 Å². The molecule has 0 spiro atoms. The minimum absolute atomic E-state index is 0.822. The molecule has 0 saturated carbocycles. The lowest BCUT2D eigenvalue weighted by Gasteiger charge is -2.13. The summed E-state index contributed by atoms with van der Waals surface area (Å²) in [6, 6.07) is 0. The van der Waals surface area contributed by atoms with Crippen LogP contribution in [0.5, 0.6) is 0 Å². The SMILES string of the molecule is CCN1CCC(CNCc2c(C)nn(C)c2C)C1. The van der Waals surface area contributed by atoms with Crippen molar-refractivity contribution in [2.75, 3.05) is 26.2 Å². The van der Waals surface area contributed by atoms with Crippen molar-refractivity contribution in [3.63, 3.8) is 0 Å². The molecule has 0 bridgehead atoms. The van der Waals surface area contributed by atoms with Gasteiger partial charge in [-0.05, 0) is 45.8 Å². The highest BCUT2D eigenvalue weighted by Gasteiger charge is 2.20. The maximum Gasteiger partial charge on any atom is 0.0641 e. The molecule has 1 saturated heterocycles. The topological polar surface area (TPSA) is 33.1 Å². The molecular weight excluding hydrogens is 224 g/mol. The van der Waals surface area contributed by atoms with Crippen LogP contribution in [-0.2, 0) is 13.6 Å². The summed E-state index contributed by atoms with van der Waals surface area (Å²) in [5, 5.41) is 8.06. The van der Waals surface area contributed by atoms with Crippen LogP contribution in [0.15, 0.2) is 0 Å². The quantitative estimate of drug-likeness (QED) is 0.859. The van der Waals surface area contributed by atoms with Gasteiger partial charge in [0.1, 0.15) is 0 Å². The van der Waals surface area contributed by atoms with Crippen LogP contribution >= 0.6 is 0 Å². The van der Waals surface area contributed by atoms with Crippen LogP contribution in [0.25, 0.3) is 0 Å². The summed E-state index contributed by atoms with van der Waals surface area (Å²) in [6.07, 6.45) is 1.34. The van der Waals surface area contributed by atoms with Crippen molar-refractivity contribution in [1.29, 1.82) is 0 Å². The van der Waals surface area contributed by atoms with Gasteiger partial charge in [-0.2, -0.15) is 5.10 Å². The average molecular weight is 250 g/mol.